The Morgan fingerprint density at radius 2 is 1.76 bits per heavy atom. The van der Waals surface area contributed by atoms with Gasteiger partial charge < -0.3 is 14.6 Å². The van der Waals surface area contributed by atoms with Gasteiger partial charge in [0.1, 0.15) is 11.3 Å². The first-order valence-electron chi connectivity index (χ1n) is 7.77. The molecule has 0 aliphatic carbocycles. The lowest BCUT2D eigenvalue weighted by Gasteiger charge is -2.10. The Hall–Kier alpha value is -2.34. The molecular weight excluding hydrogens is 346 g/mol. The van der Waals surface area contributed by atoms with Crippen LogP contribution in [0.2, 0.25) is 5.02 Å². The van der Waals surface area contributed by atoms with Crippen LogP contribution in [0.15, 0.2) is 34.5 Å². The van der Waals surface area contributed by atoms with Crippen LogP contribution in [-0.4, -0.2) is 35.5 Å². The second-order valence-electron chi connectivity index (χ2n) is 5.80. The minimum absolute atomic E-state index is 0.0940. The normalized spacial score (nSPS) is 12.5. The maximum absolute atomic E-state index is 12.0. The molecule has 136 valence electrons. The fourth-order valence-electron chi connectivity index (χ4n) is 1.76. The number of rotatable bonds is 6. The summed E-state index contributed by atoms with van der Waals surface area (Å²) in [6.45, 7) is 8.20. The zero-order valence-electron chi connectivity index (χ0n) is 14.9. The lowest BCUT2D eigenvalue weighted by Crippen LogP contribution is -2.15. The Morgan fingerprint density at radius 1 is 1.16 bits per heavy atom. The van der Waals surface area contributed by atoms with E-state index in [1.165, 1.54) is 13.0 Å². The zero-order valence-corrected chi connectivity index (χ0v) is 15.6. The van der Waals surface area contributed by atoms with E-state index in [-0.39, 0.29) is 39.8 Å². The molecule has 6 nitrogen and oxygen atoms in total. The highest BCUT2D eigenvalue weighted by Crippen LogP contribution is 2.29. The van der Waals surface area contributed by atoms with Crippen LogP contribution in [0.1, 0.15) is 45.0 Å². The van der Waals surface area contributed by atoms with Crippen molar-refractivity contribution in [2.24, 2.45) is 4.99 Å². The average molecular weight is 368 g/mol. The van der Waals surface area contributed by atoms with Crippen LogP contribution in [0, 0.1) is 0 Å². The molecule has 0 aliphatic rings. The number of aliphatic imine (C=N–C) groups is 1. The van der Waals surface area contributed by atoms with E-state index in [1.54, 1.807) is 39.8 Å². The number of halogens is 1. The van der Waals surface area contributed by atoms with Crippen molar-refractivity contribution in [2.45, 2.75) is 46.8 Å². The third-order valence-corrected chi connectivity index (χ3v) is 3.22. The van der Waals surface area contributed by atoms with Gasteiger partial charge in [-0.25, -0.2) is 9.59 Å². The number of hydrogen-bond acceptors (Lipinski definition) is 6. The van der Waals surface area contributed by atoms with E-state index in [0.717, 1.165) is 6.21 Å². The van der Waals surface area contributed by atoms with Gasteiger partial charge in [0.15, 0.2) is 0 Å². The Labute approximate surface area is 152 Å². The number of carbonyl (C=O) groups excluding carboxylic acids is 2. The van der Waals surface area contributed by atoms with E-state index >= 15 is 0 Å². The summed E-state index contributed by atoms with van der Waals surface area (Å²) in [6.07, 6.45) is 0.528. The minimum atomic E-state index is -0.703. The zero-order chi connectivity index (χ0) is 19.1. The smallest absolute Gasteiger partial charge is 0.343 e. The van der Waals surface area contributed by atoms with Gasteiger partial charge in [0.25, 0.3) is 0 Å². The maximum Gasteiger partial charge on any atom is 0.343 e. The fourth-order valence-corrected chi connectivity index (χ4v) is 2.01. The number of aliphatic hydroxyl groups excluding tert-OH is 1. The van der Waals surface area contributed by atoms with Crippen molar-refractivity contribution < 1.29 is 24.2 Å². The highest BCUT2D eigenvalue weighted by molar-refractivity contribution is 6.36. The summed E-state index contributed by atoms with van der Waals surface area (Å²) in [5.41, 5.74) is 0.330. The summed E-state index contributed by atoms with van der Waals surface area (Å²) >= 11 is 6.20. The van der Waals surface area contributed by atoms with Crippen LogP contribution in [-0.2, 0) is 14.3 Å². The van der Waals surface area contributed by atoms with Gasteiger partial charge >= 0.3 is 11.9 Å². The highest BCUT2D eigenvalue weighted by Gasteiger charge is 2.17. The molecule has 0 unspecified atom stereocenters. The van der Waals surface area contributed by atoms with Crippen LogP contribution < -0.4 is 0 Å². The van der Waals surface area contributed by atoms with E-state index in [1.807, 2.05) is 0 Å². The lowest BCUT2D eigenvalue weighted by molar-refractivity contribution is -0.142. The van der Waals surface area contributed by atoms with Gasteiger partial charge in [0.2, 0.25) is 0 Å². The van der Waals surface area contributed by atoms with Crippen molar-refractivity contribution in [2.75, 3.05) is 0 Å². The SMILES string of the molecule is CC(O)=C(C=Nc1cccc(C(=O)OC(C)C)c1Cl)C(=O)OC(C)C. The Kier molecular flexibility index (Phi) is 7.64. The predicted octanol–water partition coefficient (Wildman–Crippen LogP) is 4.39. The van der Waals surface area contributed by atoms with E-state index in [9.17, 15) is 14.7 Å². The van der Waals surface area contributed by atoms with Gasteiger partial charge in [-0.1, -0.05) is 17.7 Å². The van der Waals surface area contributed by atoms with Crippen molar-refractivity contribution in [3.63, 3.8) is 0 Å². The molecule has 0 saturated heterocycles. The molecule has 0 bridgehead atoms. The first-order valence-corrected chi connectivity index (χ1v) is 8.15. The summed E-state index contributed by atoms with van der Waals surface area (Å²) in [6, 6.07) is 4.69. The molecule has 0 aromatic heterocycles. The molecule has 0 aliphatic heterocycles. The van der Waals surface area contributed by atoms with Crippen LogP contribution >= 0.6 is 11.6 Å². The average Bonchev–Trinajstić information content (AvgIpc) is 2.47. The number of benzene rings is 1. The summed E-state index contributed by atoms with van der Waals surface area (Å²) in [4.78, 5) is 28.1. The van der Waals surface area contributed by atoms with Crippen molar-refractivity contribution in [1.82, 2.24) is 0 Å². The Balaban J connectivity index is 3.13. The van der Waals surface area contributed by atoms with Gasteiger partial charge in [0, 0.05) is 6.21 Å². The topological polar surface area (TPSA) is 85.2 Å². The van der Waals surface area contributed by atoms with Crippen molar-refractivity contribution in [1.29, 1.82) is 0 Å². The highest BCUT2D eigenvalue weighted by atomic mass is 35.5. The Bertz CT molecular complexity index is 703. The second-order valence-corrected chi connectivity index (χ2v) is 6.18. The molecular formula is C18H22ClNO5. The standard InChI is InChI=1S/C18H22ClNO5/c1-10(2)24-17(22)13-7-6-8-15(16(13)19)20-9-14(12(5)21)18(23)25-11(3)4/h6-11,21H,1-5H3. The van der Waals surface area contributed by atoms with Crippen molar-refractivity contribution >= 4 is 35.4 Å². The molecule has 0 heterocycles. The molecule has 1 aromatic carbocycles. The van der Waals surface area contributed by atoms with Gasteiger partial charge in [0.05, 0.1) is 28.5 Å². The fraction of sp³-hybridized carbons (Fsp3) is 0.389. The maximum atomic E-state index is 12.0. The van der Waals surface area contributed by atoms with Gasteiger partial charge in [-0.2, -0.15) is 0 Å². The molecule has 0 amide bonds. The number of ether oxygens (including phenoxy) is 2. The Morgan fingerprint density at radius 3 is 2.28 bits per heavy atom. The number of esters is 2. The number of nitrogens with zero attached hydrogens (tertiary/aromatic N) is 1. The molecule has 0 saturated carbocycles. The van der Waals surface area contributed by atoms with E-state index in [0.29, 0.717) is 0 Å². The molecule has 0 radical (unpaired) electrons. The molecule has 0 fully saturated rings. The first-order chi connectivity index (χ1) is 11.6. The summed E-state index contributed by atoms with van der Waals surface area (Å²) < 4.78 is 10.2. The van der Waals surface area contributed by atoms with Crippen LogP contribution in [0.4, 0.5) is 5.69 Å². The molecule has 0 spiro atoms. The lowest BCUT2D eigenvalue weighted by atomic mass is 10.2. The second kappa shape index (κ2) is 9.22. The van der Waals surface area contributed by atoms with Gasteiger partial charge in [-0.3, -0.25) is 4.99 Å². The van der Waals surface area contributed by atoms with Crippen molar-refractivity contribution in [3.05, 3.63) is 40.1 Å². The molecule has 1 N–H and O–H groups in total. The number of carbonyl (C=O) groups is 2. The number of allylic oxidation sites excluding steroid dienone is 1. The quantitative estimate of drug-likeness (QED) is 0.349. The minimum Gasteiger partial charge on any atom is -0.512 e. The number of aliphatic hydroxyl groups is 1. The number of hydrogen-bond donors (Lipinski definition) is 1. The van der Waals surface area contributed by atoms with Crippen LogP contribution in [0.25, 0.3) is 0 Å². The third-order valence-electron chi connectivity index (χ3n) is 2.83. The van der Waals surface area contributed by atoms with E-state index in [2.05, 4.69) is 4.99 Å². The predicted molar refractivity (Wildman–Crippen MR) is 96.7 cm³/mol. The largest absolute Gasteiger partial charge is 0.512 e. The van der Waals surface area contributed by atoms with Gasteiger partial charge in [-0.15, -0.1) is 0 Å². The summed E-state index contributed by atoms with van der Waals surface area (Å²) in [5, 5.41) is 9.76. The monoisotopic (exact) mass is 367 g/mol. The first kappa shape index (κ1) is 20.7. The summed E-state index contributed by atoms with van der Waals surface area (Å²) in [5.74, 6) is -1.50. The van der Waals surface area contributed by atoms with E-state index in [4.69, 9.17) is 21.1 Å². The van der Waals surface area contributed by atoms with Crippen LogP contribution in [0.5, 0.6) is 0 Å². The van der Waals surface area contributed by atoms with E-state index < -0.39 is 11.9 Å². The molecule has 7 heteroatoms. The molecule has 1 aromatic rings. The van der Waals surface area contributed by atoms with Crippen LogP contribution in [0.3, 0.4) is 0 Å². The summed E-state index contributed by atoms with van der Waals surface area (Å²) in [7, 11) is 0. The van der Waals surface area contributed by atoms with Gasteiger partial charge in [-0.05, 0) is 46.8 Å². The van der Waals surface area contributed by atoms with Crippen molar-refractivity contribution in [3.8, 4) is 0 Å². The molecule has 0 atom stereocenters. The molecule has 1 rings (SSSR count). The third kappa shape index (κ3) is 6.23. The molecule has 25 heavy (non-hydrogen) atoms.